The van der Waals surface area contributed by atoms with Crippen molar-refractivity contribution in [3.63, 3.8) is 0 Å². The van der Waals surface area contributed by atoms with Crippen molar-refractivity contribution in [1.82, 2.24) is 0 Å². The van der Waals surface area contributed by atoms with Gasteiger partial charge in [-0.1, -0.05) is 170 Å². The van der Waals surface area contributed by atoms with Gasteiger partial charge in [-0.25, -0.2) is 4.18 Å². The van der Waals surface area contributed by atoms with Crippen LogP contribution in [-0.4, -0.2) is 97.5 Å². The Morgan fingerprint density at radius 1 is 0.591 bits per heavy atom. The molecule has 13 heteroatoms. The summed E-state index contributed by atoms with van der Waals surface area (Å²) in [4.78, 5) is 12.9. The molecule has 0 aromatic heterocycles. The Labute approximate surface area is 400 Å². The maximum Gasteiger partial charge on any atom is 0.397 e. The van der Waals surface area contributed by atoms with Crippen LogP contribution in [0.4, 0.5) is 0 Å². The topological polar surface area (TPSA) is 178 Å². The standard InChI is InChI=1S/C53H90O12S/c1-3-5-7-9-11-13-15-17-19-20-21-22-23-24-25-26-27-29-31-33-35-37-39-41-43-61-45-47(46-62-53-51(57)52(65-66(58,59)60)50(56)48(44-54)64-53)63-49(55)42-40-38-36-34-32-30-28-18-16-14-12-10-8-6-4-2/h5,7,11,13,17-19,21-22,24-25,27-29,47-48,50-54,56-57H,3-4,6,8-10,12,14-16,20,23,26,30-46H2,1-2H3,(H,58,59,60)/b7-5-,13-11-,19-17-,22-21-,25-24-,28-18-,29-27-. The molecule has 0 radical (unpaired) electrons. The van der Waals surface area contributed by atoms with Crippen LogP contribution in [0.1, 0.15) is 181 Å². The third kappa shape index (κ3) is 36.3. The number of ether oxygens (including phenoxy) is 4. The van der Waals surface area contributed by atoms with Gasteiger partial charge >= 0.3 is 16.4 Å². The Morgan fingerprint density at radius 2 is 1.05 bits per heavy atom. The van der Waals surface area contributed by atoms with Gasteiger partial charge in [0.25, 0.3) is 0 Å². The lowest BCUT2D eigenvalue weighted by atomic mass is 9.99. The van der Waals surface area contributed by atoms with E-state index in [0.29, 0.717) is 13.0 Å². The molecule has 0 amide bonds. The van der Waals surface area contributed by atoms with Crippen LogP contribution in [0.25, 0.3) is 0 Å². The van der Waals surface area contributed by atoms with Crippen LogP contribution in [0.5, 0.6) is 0 Å². The molecule has 0 aliphatic carbocycles. The molecule has 1 aliphatic rings. The fourth-order valence-corrected chi connectivity index (χ4v) is 7.71. The summed E-state index contributed by atoms with van der Waals surface area (Å²) in [6, 6.07) is 0. The zero-order chi connectivity index (χ0) is 48.2. The molecule has 12 nitrogen and oxygen atoms in total. The van der Waals surface area contributed by atoms with Crippen LogP contribution < -0.4 is 0 Å². The van der Waals surface area contributed by atoms with Crippen molar-refractivity contribution >= 4 is 16.4 Å². The first-order valence-electron chi connectivity index (χ1n) is 25.3. The molecule has 1 saturated heterocycles. The van der Waals surface area contributed by atoms with E-state index in [1.165, 1.54) is 38.5 Å². The largest absolute Gasteiger partial charge is 0.457 e. The van der Waals surface area contributed by atoms with Crippen molar-refractivity contribution in [2.75, 3.05) is 26.4 Å². The predicted octanol–water partition coefficient (Wildman–Crippen LogP) is 11.6. The predicted molar refractivity (Wildman–Crippen MR) is 266 cm³/mol. The Bertz CT molecular complexity index is 1470. The Kier molecular flexibility index (Phi) is 40.4. The first-order chi connectivity index (χ1) is 32.1. The summed E-state index contributed by atoms with van der Waals surface area (Å²) in [7, 11) is -5.07. The van der Waals surface area contributed by atoms with Gasteiger partial charge in [-0.05, 0) is 89.9 Å². The molecule has 1 rings (SSSR count). The van der Waals surface area contributed by atoms with Crippen LogP contribution in [0.3, 0.4) is 0 Å². The lowest BCUT2D eigenvalue weighted by molar-refractivity contribution is -0.301. The number of unbranched alkanes of at least 4 members (excludes halogenated alkanes) is 16. The molecule has 6 atom stereocenters. The molecule has 1 fully saturated rings. The number of hydrogen-bond acceptors (Lipinski definition) is 11. The summed E-state index contributed by atoms with van der Waals surface area (Å²) in [5.41, 5.74) is 0. The van der Waals surface area contributed by atoms with Gasteiger partial charge in [-0.3, -0.25) is 9.35 Å². The fraction of sp³-hybridized carbons (Fsp3) is 0.717. The average molecular weight is 951 g/mol. The fourth-order valence-electron chi connectivity index (χ4n) is 7.20. The highest BCUT2D eigenvalue weighted by Gasteiger charge is 2.48. The number of esters is 1. The van der Waals surface area contributed by atoms with Gasteiger partial charge in [-0.2, -0.15) is 8.42 Å². The van der Waals surface area contributed by atoms with E-state index in [0.717, 1.165) is 116 Å². The summed E-state index contributed by atoms with van der Waals surface area (Å²) in [6.07, 6.45) is 49.0. The van der Waals surface area contributed by atoms with E-state index in [2.05, 4.69) is 103 Å². The highest BCUT2D eigenvalue weighted by molar-refractivity contribution is 7.80. The van der Waals surface area contributed by atoms with Gasteiger partial charge in [-0.15, -0.1) is 0 Å². The monoisotopic (exact) mass is 951 g/mol. The number of carbonyl (C=O) groups is 1. The summed E-state index contributed by atoms with van der Waals surface area (Å²) in [6.45, 7) is 3.80. The van der Waals surface area contributed by atoms with Gasteiger partial charge in [0, 0.05) is 13.0 Å². The Hall–Kier alpha value is -2.72. The van der Waals surface area contributed by atoms with E-state index < -0.39 is 59.8 Å². The molecule has 1 aliphatic heterocycles. The minimum Gasteiger partial charge on any atom is -0.457 e. The van der Waals surface area contributed by atoms with E-state index in [1.54, 1.807) is 0 Å². The SMILES string of the molecule is CC/C=C\C/C=C\C/C=C\C/C=C\C/C=C\C/C=C\CCCCCCCOCC(COC1OC(CO)C(O)C(OS(=O)(=O)O)C1O)OC(=O)CCCCCCC/C=C\CCCCCCCC. The maximum atomic E-state index is 12.9. The second kappa shape index (κ2) is 43.6. The molecule has 66 heavy (non-hydrogen) atoms. The quantitative estimate of drug-likeness (QED) is 0.0197. The van der Waals surface area contributed by atoms with Crippen molar-refractivity contribution in [3.8, 4) is 0 Å². The van der Waals surface area contributed by atoms with Gasteiger partial charge in [0.05, 0.1) is 19.8 Å². The van der Waals surface area contributed by atoms with E-state index in [4.69, 9.17) is 18.9 Å². The number of allylic oxidation sites excluding steroid dienone is 14. The van der Waals surface area contributed by atoms with Crippen LogP contribution in [-0.2, 0) is 38.3 Å². The summed E-state index contributed by atoms with van der Waals surface area (Å²) in [5.74, 6) is -0.418. The van der Waals surface area contributed by atoms with Gasteiger partial charge in [0.2, 0.25) is 0 Å². The minimum absolute atomic E-state index is 0.0145. The second-order valence-electron chi connectivity index (χ2n) is 17.0. The average Bonchev–Trinajstić information content (AvgIpc) is 3.29. The number of aliphatic hydroxyl groups excluding tert-OH is 3. The molecule has 6 unspecified atom stereocenters. The van der Waals surface area contributed by atoms with Crippen molar-refractivity contribution in [1.29, 1.82) is 0 Å². The van der Waals surface area contributed by atoms with E-state index in [-0.39, 0.29) is 19.6 Å². The van der Waals surface area contributed by atoms with E-state index in [9.17, 15) is 33.1 Å². The smallest absolute Gasteiger partial charge is 0.397 e. The van der Waals surface area contributed by atoms with Crippen LogP contribution in [0, 0.1) is 0 Å². The van der Waals surface area contributed by atoms with Crippen molar-refractivity contribution in [3.05, 3.63) is 85.1 Å². The minimum atomic E-state index is -5.07. The molecule has 0 aromatic rings. The van der Waals surface area contributed by atoms with Crippen LogP contribution in [0.2, 0.25) is 0 Å². The van der Waals surface area contributed by atoms with Crippen LogP contribution in [0.15, 0.2) is 85.1 Å². The lowest BCUT2D eigenvalue weighted by Gasteiger charge is -2.41. The van der Waals surface area contributed by atoms with Gasteiger partial charge in [0.15, 0.2) is 6.29 Å². The van der Waals surface area contributed by atoms with E-state index in [1.807, 2.05) is 0 Å². The Morgan fingerprint density at radius 3 is 1.55 bits per heavy atom. The highest BCUT2D eigenvalue weighted by Crippen LogP contribution is 2.26. The molecule has 0 bridgehead atoms. The normalized spacial score (nSPS) is 20.2. The second-order valence-corrected chi connectivity index (χ2v) is 18.1. The third-order valence-corrected chi connectivity index (χ3v) is 11.5. The van der Waals surface area contributed by atoms with Crippen molar-refractivity contribution in [2.24, 2.45) is 0 Å². The van der Waals surface area contributed by atoms with E-state index >= 15 is 0 Å². The third-order valence-electron chi connectivity index (χ3n) is 11.0. The van der Waals surface area contributed by atoms with Crippen LogP contribution >= 0.6 is 0 Å². The summed E-state index contributed by atoms with van der Waals surface area (Å²) >= 11 is 0. The molecule has 0 saturated carbocycles. The molecule has 380 valence electrons. The maximum absolute atomic E-state index is 12.9. The molecule has 0 aromatic carbocycles. The number of hydrogen-bond donors (Lipinski definition) is 4. The zero-order valence-electron chi connectivity index (χ0n) is 40.7. The molecule has 0 spiro atoms. The van der Waals surface area contributed by atoms with Gasteiger partial charge < -0.3 is 34.3 Å². The first-order valence-corrected chi connectivity index (χ1v) is 26.7. The molecular formula is C53H90O12S. The van der Waals surface area contributed by atoms with Gasteiger partial charge in [0.1, 0.15) is 30.5 Å². The zero-order valence-corrected chi connectivity index (χ0v) is 41.5. The highest BCUT2D eigenvalue weighted by atomic mass is 32.3. The summed E-state index contributed by atoms with van der Waals surface area (Å²) < 4.78 is 59.2. The number of aliphatic hydroxyl groups is 3. The molecular weight excluding hydrogens is 861 g/mol. The lowest BCUT2D eigenvalue weighted by Crippen LogP contribution is -2.60. The Balaban J connectivity index is 2.39. The van der Waals surface area contributed by atoms with Crippen molar-refractivity contribution < 1.29 is 56.2 Å². The molecule has 4 N–H and O–H groups in total. The number of carbonyl (C=O) groups excluding carboxylic acids is 1. The number of rotatable bonds is 43. The first kappa shape index (κ1) is 61.3. The van der Waals surface area contributed by atoms with Crippen molar-refractivity contribution in [2.45, 2.75) is 218 Å². The molecule has 1 heterocycles. The summed E-state index contributed by atoms with van der Waals surface area (Å²) in [5, 5.41) is 30.7.